The van der Waals surface area contributed by atoms with Gasteiger partial charge in [-0.3, -0.25) is 14.4 Å². The Hall–Kier alpha value is -4.10. The summed E-state index contributed by atoms with van der Waals surface area (Å²) in [5, 5.41) is 9.13. The monoisotopic (exact) mass is 796 g/mol. The average Bonchev–Trinajstić information content (AvgIpc) is 3.20. The summed E-state index contributed by atoms with van der Waals surface area (Å²) >= 11 is 0. The fourth-order valence-electron chi connectivity index (χ4n) is 7.27. The second-order valence-electron chi connectivity index (χ2n) is 15.4. The van der Waals surface area contributed by atoms with Gasteiger partial charge in [-0.1, -0.05) is 94.5 Å². The van der Waals surface area contributed by atoms with Crippen LogP contribution >= 0.6 is 0 Å². The molecule has 2 aromatic carbocycles. The second-order valence-corrected chi connectivity index (χ2v) is 15.4. The standard InChI is InChI=1S/C45H64O12/c1-8-9-10-11-15-18-36(46)27-39-35(26-43(50)52-6)25-38(57-45(39,53-7)44(3,4)31-56-42(49)24-23-41(47)48)28-40(32(2)54-29-33-16-13-12-14-17-33)55-30-34-19-21-37(51-5)22-20-34/h12-14,16-17,19-22,26,32,38-40H,8-11,15,18,23-25,27-31H2,1-7H3,(H,47,48)/b35-26+/t32-,38+,39+,40-,45-/m1/s1. The summed E-state index contributed by atoms with van der Waals surface area (Å²) in [4.78, 5) is 50.6. The fraction of sp³-hybridized carbons (Fsp3) is 0.600. The number of benzene rings is 2. The summed E-state index contributed by atoms with van der Waals surface area (Å²) in [7, 11) is 4.39. The zero-order valence-electron chi connectivity index (χ0n) is 34.9. The van der Waals surface area contributed by atoms with Gasteiger partial charge in [0.05, 0.1) is 64.0 Å². The highest BCUT2D eigenvalue weighted by atomic mass is 16.7. The van der Waals surface area contributed by atoms with Crippen molar-refractivity contribution in [3.05, 3.63) is 77.4 Å². The van der Waals surface area contributed by atoms with Crippen LogP contribution in [0.25, 0.3) is 0 Å². The van der Waals surface area contributed by atoms with Crippen molar-refractivity contribution >= 4 is 23.7 Å². The van der Waals surface area contributed by atoms with Gasteiger partial charge in [-0.2, -0.15) is 0 Å². The van der Waals surface area contributed by atoms with Crippen LogP contribution in [0.4, 0.5) is 0 Å². The molecule has 1 fully saturated rings. The minimum atomic E-state index is -1.59. The number of carbonyl (C=O) groups is 4. The summed E-state index contributed by atoms with van der Waals surface area (Å²) in [5.41, 5.74) is 1.43. The Morgan fingerprint density at radius 1 is 0.895 bits per heavy atom. The largest absolute Gasteiger partial charge is 0.497 e. The molecule has 0 aromatic heterocycles. The SMILES string of the molecule is CCCCCCCC(=O)C[C@H]1/C(=C/C(=O)OC)C[C@@H](C[C@@H](OCc2ccc(OC)cc2)[C@@H](C)OCc2ccccc2)O[C@@]1(OC)C(C)(C)COC(=O)CCC(=O)O. The number of Topliss-reactive ketones (excluding diaryl/α,β-unsaturated/α-hetero) is 1. The molecule has 0 unspecified atom stereocenters. The smallest absolute Gasteiger partial charge is 0.330 e. The second kappa shape index (κ2) is 24.0. The highest BCUT2D eigenvalue weighted by Crippen LogP contribution is 2.51. The number of rotatable bonds is 26. The van der Waals surface area contributed by atoms with E-state index >= 15 is 0 Å². The van der Waals surface area contributed by atoms with Gasteiger partial charge in [0, 0.05) is 38.4 Å². The van der Waals surface area contributed by atoms with Crippen LogP contribution in [0.5, 0.6) is 5.75 Å². The number of carboxylic acid groups (broad SMARTS) is 1. The Balaban J connectivity index is 2.02. The average molecular weight is 797 g/mol. The van der Waals surface area contributed by atoms with Crippen LogP contribution in [0, 0.1) is 11.3 Å². The molecule has 5 atom stereocenters. The molecule has 0 bridgehead atoms. The number of ether oxygens (including phenoxy) is 7. The van der Waals surface area contributed by atoms with E-state index in [0.29, 0.717) is 25.0 Å². The van der Waals surface area contributed by atoms with Crippen molar-refractivity contribution in [3.63, 3.8) is 0 Å². The van der Waals surface area contributed by atoms with Crippen molar-refractivity contribution < 1.29 is 57.4 Å². The molecule has 1 aliphatic rings. The van der Waals surface area contributed by atoms with Crippen LogP contribution in [-0.4, -0.2) is 80.8 Å². The zero-order valence-corrected chi connectivity index (χ0v) is 34.9. The van der Waals surface area contributed by atoms with Gasteiger partial charge < -0.3 is 38.3 Å². The predicted octanol–water partition coefficient (Wildman–Crippen LogP) is 8.18. The summed E-state index contributed by atoms with van der Waals surface area (Å²) in [6.07, 6.45) is 5.05. The van der Waals surface area contributed by atoms with E-state index in [9.17, 15) is 19.2 Å². The molecule has 3 rings (SSSR count). The van der Waals surface area contributed by atoms with Crippen LogP contribution in [0.15, 0.2) is 66.2 Å². The molecule has 57 heavy (non-hydrogen) atoms. The highest BCUT2D eigenvalue weighted by molar-refractivity contribution is 5.84. The van der Waals surface area contributed by atoms with Crippen LogP contribution in [-0.2, 0) is 60.8 Å². The summed E-state index contributed by atoms with van der Waals surface area (Å²) < 4.78 is 42.5. The van der Waals surface area contributed by atoms with Gasteiger partial charge >= 0.3 is 17.9 Å². The van der Waals surface area contributed by atoms with Crippen molar-refractivity contribution in [3.8, 4) is 5.75 Å². The molecular formula is C45H64O12. The zero-order chi connectivity index (χ0) is 41.8. The minimum Gasteiger partial charge on any atom is -0.497 e. The lowest BCUT2D eigenvalue weighted by Crippen LogP contribution is -2.61. The number of hydrogen-bond donors (Lipinski definition) is 1. The molecule has 1 saturated heterocycles. The molecule has 0 radical (unpaired) electrons. The Labute approximate surface area is 338 Å². The molecule has 0 saturated carbocycles. The summed E-state index contributed by atoms with van der Waals surface area (Å²) in [6, 6.07) is 17.4. The van der Waals surface area contributed by atoms with Crippen molar-refractivity contribution in [2.75, 3.05) is 27.9 Å². The van der Waals surface area contributed by atoms with E-state index in [2.05, 4.69) is 6.92 Å². The van der Waals surface area contributed by atoms with E-state index in [0.717, 1.165) is 49.0 Å². The number of ketones is 1. The first-order chi connectivity index (χ1) is 27.3. The lowest BCUT2D eigenvalue weighted by molar-refractivity contribution is -0.341. The topological polar surface area (TPSA) is 153 Å². The van der Waals surface area contributed by atoms with Gasteiger partial charge in [0.1, 0.15) is 18.1 Å². The number of esters is 2. The van der Waals surface area contributed by atoms with Gasteiger partial charge in [-0.15, -0.1) is 0 Å². The fourth-order valence-corrected chi connectivity index (χ4v) is 7.27. The van der Waals surface area contributed by atoms with Crippen molar-refractivity contribution in [2.24, 2.45) is 11.3 Å². The van der Waals surface area contributed by atoms with Gasteiger partial charge in [0.2, 0.25) is 0 Å². The molecule has 12 nitrogen and oxygen atoms in total. The molecule has 0 aliphatic carbocycles. The quantitative estimate of drug-likeness (QED) is 0.0555. The molecule has 0 spiro atoms. The van der Waals surface area contributed by atoms with Crippen molar-refractivity contribution in [1.82, 2.24) is 0 Å². The first kappa shape index (κ1) is 47.3. The first-order valence-corrected chi connectivity index (χ1v) is 20.1. The maximum Gasteiger partial charge on any atom is 0.330 e. The van der Waals surface area contributed by atoms with E-state index in [4.69, 9.17) is 38.3 Å². The first-order valence-electron chi connectivity index (χ1n) is 20.1. The molecule has 2 aromatic rings. The molecule has 1 heterocycles. The Kier molecular flexibility index (Phi) is 19.9. The minimum absolute atomic E-state index is 0.00590. The molecule has 12 heteroatoms. The van der Waals surface area contributed by atoms with E-state index in [1.807, 2.05) is 75.4 Å². The molecule has 316 valence electrons. The summed E-state index contributed by atoms with van der Waals surface area (Å²) in [5.74, 6) is -4.01. The maximum atomic E-state index is 13.7. The Morgan fingerprint density at radius 2 is 1.56 bits per heavy atom. The maximum absolute atomic E-state index is 13.7. The molecular weight excluding hydrogens is 732 g/mol. The third-order valence-corrected chi connectivity index (χ3v) is 10.6. The highest BCUT2D eigenvalue weighted by Gasteiger charge is 2.58. The van der Waals surface area contributed by atoms with Gasteiger partial charge in [0.15, 0.2) is 5.79 Å². The van der Waals surface area contributed by atoms with Crippen molar-refractivity contribution in [2.45, 2.75) is 136 Å². The number of methoxy groups -OCH3 is 3. The van der Waals surface area contributed by atoms with Crippen molar-refractivity contribution in [1.29, 1.82) is 0 Å². The molecule has 0 amide bonds. The third-order valence-electron chi connectivity index (χ3n) is 10.6. The predicted molar refractivity (Wildman–Crippen MR) is 214 cm³/mol. The van der Waals surface area contributed by atoms with Crippen LogP contribution < -0.4 is 4.74 Å². The number of hydrogen-bond acceptors (Lipinski definition) is 11. The van der Waals surface area contributed by atoms with Crippen LogP contribution in [0.1, 0.15) is 109 Å². The Bertz CT molecular complexity index is 1570. The van der Waals surface area contributed by atoms with Gasteiger partial charge in [-0.25, -0.2) is 4.79 Å². The molecule has 1 N–H and O–H groups in total. The van der Waals surface area contributed by atoms with Gasteiger partial charge in [0.25, 0.3) is 0 Å². The van der Waals surface area contributed by atoms with Gasteiger partial charge in [-0.05, 0) is 43.0 Å². The molecule has 1 aliphatic heterocycles. The van der Waals surface area contributed by atoms with Crippen LogP contribution in [0.3, 0.4) is 0 Å². The Morgan fingerprint density at radius 3 is 2.19 bits per heavy atom. The lowest BCUT2D eigenvalue weighted by Gasteiger charge is -2.54. The number of carbonyl (C=O) groups excluding carboxylic acids is 3. The number of unbranched alkanes of at least 4 members (excludes halogenated alkanes) is 4. The lowest BCUT2D eigenvalue weighted by atomic mass is 9.68. The normalized spacial score (nSPS) is 20.1. The number of aliphatic carboxylic acids is 1. The third kappa shape index (κ3) is 15.0. The number of carboxylic acids is 1. The van der Waals surface area contributed by atoms with E-state index in [-0.39, 0.29) is 44.7 Å². The van der Waals surface area contributed by atoms with E-state index in [1.54, 1.807) is 7.11 Å². The van der Waals surface area contributed by atoms with E-state index in [1.165, 1.54) is 20.3 Å². The summed E-state index contributed by atoms with van der Waals surface area (Å²) in [6.45, 7) is 8.12. The van der Waals surface area contributed by atoms with E-state index < -0.39 is 53.3 Å². The van der Waals surface area contributed by atoms with Crippen LogP contribution in [0.2, 0.25) is 0 Å².